The molecule has 1 unspecified atom stereocenters. The van der Waals surface area contributed by atoms with Crippen molar-refractivity contribution in [1.29, 1.82) is 0 Å². The molecule has 1 fully saturated rings. The number of nitrogens with zero attached hydrogens (tertiary/aromatic N) is 5. The maximum Gasteiger partial charge on any atom is 0.251 e. The molecule has 1 aliphatic rings. The van der Waals surface area contributed by atoms with E-state index in [1.165, 1.54) is 33.8 Å². The highest BCUT2D eigenvalue weighted by Crippen LogP contribution is 2.27. The lowest BCUT2D eigenvalue weighted by Gasteiger charge is -2.32. The number of ether oxygens (including phenoxy) is 1. The first-order valence-corrected chi connectivity index (χ1v) is 14.2. The number of nitrogens with one attached hydrogen (secondary N) is 1. The summed E-state index contributed by atoms with van der Waals surface area (Å²) >= 11 is 0. The fourth-order valence-corrected chi connectivity index (χ4v) is 5.26. The third-order valence-corrected chi connectivity index (χ3v) is 7.48. The minimum atomic E-state index is -1.05. The molecule has 0 aliphatic carbocycles. The quantitative estimate of drug-likeness (QED) is 0.270. The van der Waals surface area contributed by atoms with Gasteiger partial charge in [0.1, 0.15) is 23.9 Å². The summed E-state index contributed by atoms with van der Waals surface area (Å²) in [6, 6.07) is 29.0. The van der Waals surface area contributed by atoms with Crippen LogP contribution in [0.4, 0.5) is 15.8 Å². The first kappa shape index (κ1) is 28.0. The van der Waals surface area contributed by atoms with Gasteiger partial charge in [0.05, 0.1) is 18.7 Å². The highest BCUT2D eigenvalue weighted by atomic mass is 19.1. The predicted octanol–water partition coefficient (Wildman–Crippen LogP) is 4.82. The Bertz CT molecular complexity index is 1690. The summed E-state index contributed by atoms with van der Waals surface area (Å²) in [5.74, 6) is -1.19. The van der Waals surface area contributed by atoms with Gasteiger partial charge in [-0.1, -0.05) is 59.8 Å². The molecule has 10 heteroatoms. The number of rotatable bonds is 9. The van der Waals surface area contributed by atoms with E-state index in [0.29, 0.717) is 35.5 Å². The Morgan fingerprint density at radius 1 is 0.884 bits per heavy atom. The Balaban J connectivity index is 1.32. The van der Waals surface area contributed by atoms with Crippen molar-refractivity contribution in [3.8, 4) is 0 Å². The number of benzene rings is 4. The maximum absolute atomic E-state index is 14.1. The van der Waals surface area contributed by atoms with Crippen molar-refractivity contribution in [1.82, 2.24) is 19.9 Å². The van der Waals surface area contributed by atoms with Crippen LogP contribution in [0.3, 0.4) is 0 Å². The summed E-state index contributed by atoms with van der Waals surface area (Å²) in [6.07, 6.45) is 0. The topological polar surface area (TPSA) is 92.6 Å². The molecule has 0 bridgehead atoms. The Labute approximate surface area is 248 Å². The molecule has 0 radical (unpaired) electrons. The van der Waals surface area contributed by atoms with E-state index in [4.69, 9.17) is 4.74 Å². The van der Waals surface area contributed by atoms with Crippen LogP contribution in [0.1, 0.15) is 17.2 Å². The number of carbonyl (C=O) groups is 2. The van der Waals surface area contributed by atoms with E-state index in [0.717, 1.165) is 24.3 Å². The molecule has 1 aliphatic heterocycles. The molecular weight excluding hydrogens is 547 g/mol. The molecule has 0 saturated carbocycles. The van der Waals surface area contributed by atoms with Gasteiger partial charge in [-0.15, -0.1) is 5.10 Å². The van der Waals surface area contributed by atoms with Gasteiger partial charge in [0.2, 0.25) is 5.91 Å². The van der Waals surface area contributed by atoms with Gasteiger partial charge in [0.15, 0.2) is 0 Å². The lowest BCUT2D eigenvalue weighted by molar-refractivity contribution is -0.140. The van der Waals surface area contributed by atoms with Crippen molar-refractivity contribution in [2.45, 2.75) is 19.1 Å². The molecule has 1 aromatic heterocycles. The number of anilines is 2. The summed E-state index contributed by atoms with van der Waals surface area (Å²) in [5.41, 5.74) is 4.32. The molecule has 6 rings (SSSR count). The van der Waals surface area contributed by atoms with Crippen LogP contribution in [-0.2, 0) is 27.4 Å². The Hall–Kier alpha value is -5.09. The van der Waals surface area contributed by atoms with Crippen molar-refractivity contribution in [2.24, 2.45) is 0 Å². The molecule has 2 heterocycles. The second-order valence-electron chi connectivity index (χ2n) is 10.3. The molecule has 1 atom stereocenters. The number of amides is 2. The predicted molar refractivity (Wildman–Crippen MR) is 162 cm³/mol. The first-order chi connectivity index (χ1) is 21.0. The Morgan fingerprint density at radius 3 is 2.33 bits per heavy atom. The third kappa shape index (κ3) is 6.54. The molecule has 1 N–H and O–H groups in total. The third-order valence-electron chi connectivity index (χ3n) is 7.48. The van der Waals surface area contributed by atoms with E-state index in [1.807, 2.05) is 78.9 Å². The molecule has 9 nitrogen and oxygen atoms in total. The number of morpholine rings is 1. The number of hydrogen-bond donors (Lipinski definition) is 1. The van der Waals surface area contributed by atoms with Gasteiger partial charge in [-0.3, -0.25) is 9.59 Å². The van der Waals surface area contributed by atoms with Crippen LogP contribution in [-0.4, -0.2) is 58.0 Å². The summed E-state index contributed by atoms with van der Waals surface area (Å²) < 4.78 is 21.0. The zero-order chi connectivity index (χ0) is 29.6. The largest absolute Gasteiger partial charge is 0.378 e. The number of aromatic nitrogens is 3. The summed E-state index contributed by atoms with van der Waals surface area (Å²) in [4.78, 5) is 31.9. The van der Waals surface area contributed by atoms with E-state index in [-0.39, 0.29) is 19.0 Å². The van der Waals surface area contributed by atoms with E-state index in [2.05, 4.69) is 20.5 Å². The smallest absolute Gasteiger partial charge is 0.251 e. The summed E-state index contributed by atoms with van der Waals surface area (Å²) in [5, 5.41) is 11.3. The lowest BCUT2D eigenvalue weighted by atomic mass is 10.0. The highest BCUT2D eigenvalue weighted by molar-refractivity contribution is 5.98. The standard InChI is InChI=1S/C33H31FN6O3/c34-26-12-10-25(11-13-26)32(33(42)35-27-14-16-28(17-15-27)38-18-20-43-21-19-38)39(22-24-6-2-1-3-7-24)31(41)23-40-30-9-5-4-8-29(30)36-37-40/h1-17,32H,18-23H2,(H,35,42). The van der Waals surface area contributed by atoms with Gasteiger partial charge in [0, 0.05) is 31.0 Å². The molecule has 1 saturated heterocycles. The van der Waals surface area contributed by atoms with Crippen molar-refractivity contribution in [3.63, 3.8) is 0 Å². The first-order valence-electron chi connectivity index (χ1n) is 14.2. The molecule has 43 heavy (non-hydrogen) atoms. The van der Waals surface area contributed by atoms with Crippen LogP contribution in [0, 0.1) is 5.82 Å². The van der Waals surface area contributed by atoms with Gasteiger partial charge < -0.3 is 19.9 Å². The van der Waals surface area contributed by atoms with E-state index < -0.39 is 17.8 Å². The second-order valence-corrected chi connectivity index (χ2v) is 10.3. The molecule has 218 valence electrons. The lowest BCUT2D eigenvalue weighted by Crippen LogP contribution is -2.42. The fourth-order valence-electron chi connectivity index (χ4n) is 5.26. The fraction of sp³-hybridized carbons (Fsp3) is 0.212. The van der Waals surface area contributed by atoms with E-state index in [1.54, 1.807) is 0 Å². The summed E-state index contributed by atoms with van der Waals surface area (Å²) in [7, 11) is 0. The van der Waals surface area contributed by atoms with Crippen molar-refractivity contribution < 1.29 is 18.7 Å². The van der Waals surface area contributed by atoms with Crippen molar-refractivity contribution >= 4 is 34.2 Å². The second kappa shape index (κ2) is 12.8. The van der Waals surface area contributed by atoms with Crippen LogP contribution in [0.2, 0.25) is 0 Å². The van der Waals surface area contributed by atoms with Gasteiger partial charge in [-0.05, 0) is 59.7 Å². The van der Waals surface area contributed by atoms with Crippen LogP contribution in [0.5, 0.6) is 0 Å². The number of fused-ring (bicyclic) bond motifs is 1. The van der Waals surface area contributed by atoms with Gasteiger partial charge in [0.25, 0.3) is 5.91 Å². The van der Waals surface area contributed by atoms with Crippen molar-refractivity contribution in [2.75, 3.05) is 36.5 Å². The van der Waals surface area contributed by atoms with Crippen molar-refractivity contribution in [3.05, 3.63) is 120 Å². The van der Waals surface area contributed by atoms with Gasteiger partial charge in [-0.2, -0.15) is 0 Å². The minimum Gasteiger partial charge on any atom is -0.378 e. The Kier molecular flexibility index (Phi) is 8.37. The van der Waals surface area contributed by atoms with E-state index in [9.17, 15) is 14.0 Å². The van der Waals surface area contributed by atoms with Crippen LogP contribution in [0.15, 0.2) is 103 Å². The average molecular weight is 579 g/mol. The minimum absolute atomic E-state index is 0.132. The molecule has 2 amide bonds. The van der Waals surface area contributed by atoms with Crippen LogP contribution < -0.4 is 10.2 Å². The highest BCUT2D eigenvalue weighted by Gasteiger charge is 2.32. The van der Waals surface area contributed by atoms with Crippen LogP contribution >= 0.6 is 0 Å². The number of carbonyl (C=O) groups excluding carboxylic acids is 2. The normalized spacial score (nSPS) is 13.9. The average Bonchev–Trinajstić information content (AvgIpc) is 3.45. The summed E-state index contributed by atoms with van der Waals surface area (Å²) in [6.45, 7) is 2.97. The SMILES string of the molecule is O=C(Nc1ccc(N2CCOCC2)cc1)C(c1ccc(F)cc1)N(Cc1ccccc1)C(=O)Cn1nnc2ccccc21. The maximum atomic E-state index is 14.1. The van der Waals surface area contributed by atoms with E-state index >= 15 is 0 Å². The van der Waals surface area contributed by atoms with Crippen LogP contribution in [0.25, 0.3) is 11.0 Å². The van der Waals surface area contributed by atoms with Gasteiger partial charge >= 0.3 is 0 Å². The van der Waals surface area contributed by atoms with Gasteiger partial charge in [-0.25, -0.2) is 9.07 Å². The number of para-hydroxylation sites is 1. The molecule has 4 aromatic carbocycles. The molecule has 0 spiro atoms. The number of hydrogen-bond acceptors (Lipinski definition) is 6. The molecule has 5 aromatic rings. The number of halogens is 1. The monoisotopic (exact) mass is 578 g/mol. The molecular formula is C33H31FN6O3. The zero-order valence-corrected chi connectivity index (χ0v) is 23.5. The Morgan fingerprint density at radius 2 is 1.58 bits per heavy atom. The zero-order valence-electron chi connectivity index (χ0n) is 23.5.